The van der Waals surface area contributed by atoms with Crippen LogP contribution in [0.1, 0.15) is 23.6 Å². The minimum Gasteiger partial charge on any atom is -0.492 e. The fourth-order valence-electron chi connectivity index (χ4n) is 2.78. The topological polar surface area (TPSA) is 64.4 Å². The number of rotatable bonds is 4. The van der Waals surface area contributed by atoms with Crippen LogP contribution in [0.15, 0.2) is 48.5 Å². The molecule has 120 valence electrons. The summed E-state index contributed by atoms with van der Waals surface area (Å²) in [5.41, 5.74) is 8.00. The molecule has 0 aromatic heterocycles. The summed E-state index contributed by atoms with van der Waals surface area (Å²) in [5.74, 6) is 0.494. The minimum absolute atomic E-state index is 0.119. The smallest absolute Gasteiger partial charge is 0.237 e. The van der Waals surface area contributed by atoms with Crippen molar-refractivity contribution in [3.8, 4) is 5.75 Å². The van der Waals surface area contributed by atoms with Crippen molar-refractivity contribution in [2.24, 2.45) is 5.73 Å². The maximum Gasteiger partial charge on any atom is 0.237 e. The Labute approximate surface area is 140 Å². The van der Waals surface area contributed by atoms with Crippen molar-refractivity contribution in [3.05, 3.63) is 64.7 Å². The van der Waals surface area contributed by atoms with Crippen LogP contribution in [0.5, 0.6) is 5.75 Å². The average molecular weight is 331 g/mol. The molecule has 1 aliphatic heterocycles. The Hall–Kier alpha value is -2.04. The van der Waals surface area contributed by atoms with Gasteiger partial charge >= 0.3 is 0 Å². The van der Waals surface area contributed by atoms with E-state index >= 15 is 0 Å². The molecule has 2 aromatic carbocycles. The Morgan fingerprint density at radius 3 is 2.83 bits per heavy atom. The molecule has 0 bridgehead atoms. The molecule has 0 saturated heterocycles. The number of halogens is 1. The monoisotopic (exact) mass is 330 g/mol. The van der Waals surface area contributed by atoms with Gasteiger partial charge in [0.2, 0.25) is 5.91 Å². The summed E-state index contributed by atoms with van der Waals surface area (Å²) < 4.78 is 5.61. The van der Waals surface area contributed by atoms with E-state index in [4.69, 9.17) is 22.1 Å². The van der Waals surface area contributed by atoms with Gasteiger partial charge in [-0.3, -0.25) is 4.79 Å². The first-order valence-corrected chi connectivity index (χ1v) is 8.04. The van der Waals surface area contributed by atoms with Crippen molar-refractivity contribution in [2.75, 3.05) is 6.61 Å². The van der Waals surface area contributed by atoms with Crippen molar-refractivity contribution in [1.82, 2.24) is 5.32 Å². The van der Waals surface area contributed by atoms with Gasteiger partial charge in [-0.25, -0.2) is 0 Å². The van der Waals surface area contributed by atoms with E-state index in [-0.39, 0.29) is 11.9 Å². The average Bonchev–Trinajstić information content (AvgIpc) is 2.56. The first-order chi connectivity index (χ1) is 11.1. The van der Waals surface area contributed by atoms with Gasteiger partial charge in [0.15, 0.2) is 0 Å². The van der Waals surface area contributed by atoms with Crippen molar-refractivity contribution in [1.29, 1.82) is 0 Å². The van der Waals surface area contributed by atoms with Crippen LogP contribution in [0, 0.1) is 0 Å². The largest absolute Gasteiger partial charge is 0.492 e. The zero-order chi connectivity index (χ0) is 16.2. The quantitative estimate of drug-likeness (QED) is 0.906. The number of carbonyl (C=O) groups is 1. The van der Waals surface area contributed by atoms with E-state index in [1.54, 1.807) is 6.07 Å². The van der Waals surface area contributed by atoms with Crippen molar-refractivity contribution >= 4 is 17.5 Å². The maximum atomic E-state index is 12.4. The van der Waals surface area contributed by atoms with E-state index < -0.39 is 6.04 Å². The summed E-state index contributed by atoms with van der Waals surface area (Å²) in [6.45, 7) is 0.523. The molecule has 3 rings (SSSR count). The van der Waals surface area contributed by atoms with E-state index in [0.717, 1.165) is 11.1 Å². The molecule has 1 aliphatic rings. The number of benzene rings is 2. The molecule has 1 unspecified atom stereocenters. The molecule has 1 amide bonds. The molecular formula is C18H19ClN2O2. The molecule has 0 aliphatic carbocycles. The van der Waals surface area contributed by atoms with Gasteiger partial charge < -0.3 is 15.8 Å². The standard InChI is InChI=1S/C18H19ClN2O2/c19-14-8-4-7-13-16(9-10-23-17(13)14)21-18(22)15(20)11-12-5-2-1-3-6-12/h1-8,15-16H,9-11,20H2,(H,21,22)/t15-,16?/m0/s1. The van der Waals surface area contributed by atoms with Gasteiger partial charge in [-0.05, 0) is 18.1 Å². The number of nitrogens with two attached hydrogens (primary N) is 1. The molecule has 0 saturated carbocycles. The molecule has 0 fully saturated rings. The number of fused-ring (bicyclic) bond motifs is 1. The Kier molecular flexibility index (Phi) is 4.84. The van der Waals surface area contributed by atoms with Gasteiger partial charge in [0.1, 0.15) is 5.75 Å². The summed E-state index contributed by atoms with van der Waals surface area (Å²) in [6, 6.07) is 14.6. The Morgan fingerprint density at radius 1 is 1.26 bits per heavy atom. The van der Waals surface area contributed by atoms with E-state index in [1.807, 2.05) is 42.5 Å². The number of amides is 1. The minimum atomic E-state index is -0.581. The highest BCUT2D eigenvalue weighted by atomic mass is 35.5. The summed E-state index contributed by atoms with van der Waals surface area (Å²) in [5, 5.41) is 3.58. The first-order valence-electron chi connectivity index (χ1n) is 7.66. The van der Waals surface area contributed by atoms with Crippen molar-refractivity contribution in [2.45, 2.75) is 24.9 Å². The molecule has 0 spiro atoms. The molecule has 23 heavy (non-hydrogen) atoms. The lowest BCUT2D eigenvalue weighted by Gasteiger charge is -2.28. The van der Waals surface area contributed by atoms with E-state index in [0.29, 0.717) is 30.2 Å². The van der Waals surface area contributed by atoms with Crippen LogP contribution < -0.4 is 15.8 Å². The highest BCUT2D eigenvalue weighted by Gasteiger charge is 2.26. The molecule has 1 heterocycles. The third kappa shape index (κ3) is 3.66. The van der Waals surface area contributed by atoms with Gasteiger partial charge in [0.25, 0.3) is 0 Å². The summed E-state index contributed by atoms with van der Waals surface area (Å²) in [7, 11) is 0. The lowest BCUT2D eigenvalue weighted by atomic mass is 9.99. The van der Waals surface area contributed by atoms with Gasteiger partial charge in [0.05, 0.1) is 23.7 Å². The summed E-state index contributed by atoms with van der Waals surface area (Å²) in [4.78, 5) is 12.4. The number of nitrogens with one attached hydrogen (secondary N) is 1. The van der Waals surface area contributed by atoms with Crippen LogP contribution in [0.3, 0.4) is 0 Å². The predicted molar refractivity (Wildman–Crippen MR) is 90.6 cm³/mol. The zero-order valence-corrected chi connectivity index (χ0v) is 13.4. The van der Waals surface area contributed by atoms with Gasteiger partial charge in [-0.1, -0.05) is 54.1 Å². The lowest BCUT2D eigenvalue weighted by molar-refractivity contribution is -0.123. The first kappa shape index (κ1) is 15.8. The number of hydrogen-bond acceptors (Lipinski definition) is 3. The number of ether oxygens (including phenoxy) is 1. The van der Waals surface area contributed by atoms with Gasteiger partial charge in [-0.2, -0.15) is 0 Å². The number of carbonyl (C=O) groups excluding carboxylic acids is 1. The normalized spacial score (nSPS) is 17.7. The Balaban J connectivity index is 1.68. The van der Waals surface area contributed by atoms with Crippen LogP contribution in [0.2, 0.25) is 5.02 Å². The van der Waals surface area contributed by atoms with E-state index in [1.165, 1.54) is 0 Å². The van der Waals surface area contributed by atoms with Crippen molar-refractivity contribution in [3.63, 3.8) is 0 Å². The van der Waals surface area contributed by atoms with Crippen LogP contribution in [-0.4, -0.2) is 18.6 Å². The summed E-state index contributed by atoms with van der Waals surface area (Å²) in [6.07, 6.45) is 1.22. The third-order valence-corrected chi connectivity index (χ3v) is 4.28. The molecule has 2 aromatic rings. The highest BCUT2D eigenvalue weighted by molar-refractivity contribution is 6.32. The number of hydrogen-bond donors (Lipinski definition) is 2. The van der Waals surface area contributed by atoms with Crippen LogP contribution in [0.25, 0.3) is 0 Å². The summed E-state index contributed by atoms with van der Waals surface area (Å²) >= 11 is 6.15. The fraction of sp³-hybridized carbons (Fsp3) is 0.278. The Bertz CT molecular complexity index is 691. The van der Waals surface area contributed by atoms with Gasteiger partial charge in [-0.15, -0.1) is 0 Å². The van der Waals surface area contributed by atoms with Gasteiger partial charge in [0, 0.05) is 12.0 Å². The Morgan fingerprint density at radius 2 is 2.04 bits per heavy atom. The molecular weight excluding hydrogens is 312 g/mol. The van der Waals surface area contributed by atoms with E-state index in [9.17, 15) is 4.79 Å². The maximum absolute atomic E-state index is 12.4. The lowest BCUT2D eigenvalue weighted by Crippen LogP contribution is -2.44. The number of para-hydroxylation sites is 1. The van der Waals surface area contributed by atoms with Crippen molar-refractivity contribution < 1.29 is 9.53 Å². The molecule has 4 nitrogen and oxygen atoms in total. The second kappa shape index (κ2) is 7.02. The zero-order valence-electron chi connectivity index (χ0n) is 12.7. The molecule has 0 radical (unpaired) electrons. The second-order valence-corrected chi connectivity index (χ2v) is 6.06. The SMILES string of the molecule is N[C@@H](Cc1ccccc1)C(=O)NC1CCOc2c(Cl)cccc21. The molecule has 3 N–H and O–H groups in total. The fourth-order valence-corrected chi connectivity index (χ4v) is 3.01. The predicted octanol–water partition coefficient (Wildman–Crippen LogP) is 2.85. The second-order valence-electron chi connectivity index (χ2n) is 5.65. The molecule has 5 heteroatoms. The third-order valence-electron chi connectivity index (χ3n) is 3.98. The van der Waals surface area contributed by atoms with Crippen LogP contribution >= 0.6 is 11.6 Å². The molecule has 2 atom stereocenters. The highest BCUT2D eigenvalue weighted by Crippen LogP contribution is 2.37. The van der Waals surface area contributed by atoms with Crippen LogP contribution in [0.4, 0.5) is 0 Å². The van der Waals surface area contributed by atoms with Crippen LogP contribution in [-0.2, 0) is 11.2 Å². The van der Waals surface area contributed by atoms with E-state index in [2.05, 4.69) is 5.32 Å².